The number of likely N-dealkylation sites (tertiary alicyclic amines) is 1. The molecule has 0 aliphatic carbocycles. The van der Waals surface area contributed by atoms with Crippen LogP contribution in [0.4, 0.5) is 0 Å². The molecule has 1 aromatic rings. The summed E-state index contributed by atoms with van der Waals surface area (Å²) in [5.74, 6) is 0.699. The van der Waals surface area contributed by atoms with Crippen LogP contribution in [0.3, 0.4) is 0 Å². The van der Waals surface area contributed by atoms with Gasteiger partial charge < -0.3 is 15.5 Å². The predicted octanol–water partition coefficient (Wildman–Crippen LogP) is 0.772. The normalized spacial score (nSPS) is 22.4. The molecule has 0 aromatic heterocycles. The van der Waals surface area contributed by atoms with Crippen molar-refractivity contribution in [2.75, 3.05) is 59.9 Å². The zero-order valence-electron chi connectivity index (χ0n) is 18.5. The number of benzene rings is 1. The molecule has 1 atom stereocenters. The van der Waals surface area contributed by atoms with Crippen molar-refractivity contribution in [3.05, 3.63) is 29.8 Å². The van der Waals surface area contributed by atoms with E-state index in [0.29, 0.717) is 36.5 Å². The Labute approximate surface area is 181 Å². The molecular formula is C21H36N6O2S. The van der Waals surface area contributed by atoms with Crippen molar-refractivity contribution < 1.29 is 8.42 Å². The third kappa shape index (κ3) is 5.51. The number of nitrogens with one attached hydrogen (secondary N) is 2. The van der Waals surface area contributed by atoms with E-state index in [1.165, 1.54) is 12.8 Å². The lowest BCUT2D eigenvalue weighted by Crippen LogP contribution is -2.47. The third-order valence-corrected chi connectivity index (χ3v) is 8.13. The summed E-state index contributed by atoms with van der Waals surface area (Å²) in [6.07, 6.45) is 2.44. The number of likely N-dealkylation sites (N-methyl/N-ethyl adjacent to an activating group) is 2. The zero-order valence-corrected chi connectivity index (χ0v) is 19.3. The van der Waals surface area contributed by atoms with Crippen LogP contribution in [0.15, 0.2) is 34.2 Å². The molecule has 1 unspecified atom stereocenters. The maximum atomic E-state index is 13.2. The molecule has 0 spiro atoms. The SMILES string of the molecule is CCN1CCCC1CNC(=NC)NCc1ccccc1S(=O)(=O)N1CCN(C)CC1. The number of nitrogens with zero attached hydrogens (tertiary/aromatic N) is 4. The van der Waals surface area contributed by atoms with Crippen molar-refractivity contribution in [3.63, 3.8) is 0 Å². The average molecular weight is 437 g/mol. The maximum absolute atomic E-state index is 13.2. The molecule has 2 heterocycles. The van der Waals surface area contributed by atoms with Gasteiger partial charge in [-0.1, -0.05) is 25.1 Å². The quantitative estimate of drug-likeness (QED) is 0.486. The summed E-state index contributed by atoms with van der Waals surface area (Å²) in [6, 6.07) is 7.78. The van der Waals surface area contributed by atoms with Crippen molar-refractivity contribution >= 4 is 16.0 Å². The van der Waals surface area contributed by atoms with Gasteiger partial charge in [0.25, 0.3) is 0 Å². The minimum absolute atomic E-state index is 0.380. The fraction of sp³-hybridized carbons (Fsp3) is 0.667. The first-order valence-electron chi connectivity index (χ1n) is 10.9. The molecule has 0 radical (unpaired) electrons. The second-order valence-corrected chi connectivity index (χ2v) is 9.95. The Morgan fingerprint density at radius 1 is 1.13 bits per heavy atom. The first-order valence-corrected chi connectivity index (χ1v) is 12.3. The molecule has 2 saturated heterocycles. The van der Waals surface area contributed by atoms with Crippen LogP contribution < -0.4 is 10.6 Å². The summed E-state index contributed by atoms with van der Waals surface area (Å²) in [5.41, 5.74) is 0.760. The molecule has 168 valence electrons. The highest BCUT2D eigenvalue weighted by atomic mass is 32.2. The predicted molar refractivity (Wildman–Crippen MR) is 121 cm³/mol. The first-order chi connectivity index (χ1) is 14.5. The lowest BCUT2D eigenvalue weighted by molar-refractivity contribution is 0.222. The van der Waals surface area contributed by atoms with E-state index in [2.05, 4.69) is 32.3 Å². The molecule has 0 bridgehead atoms. The van der Waals surface area contributed by atoms with Crippen molar-refractivity contribution in [2.24, 2.45) is 4.99 Å². The van der Waals surface area contributed by atoms with Gasteiger partial charge in [0.2, 0.25) is 10.0 Å². The van der Waals surface area contributed by atoms with Crippen LogP contribution in [0.25, 0.3) is 0 Å². The highest BCUT2D eigenvalue weighted by Crippen LogP contribution is 2.21. The van der Waals surface area contributed by atoms with E-state index in [0.717, 1.165) is 38.3 Å². The van der Waals surface area contributed by atoms with Gasteiger partial charge in [0.1, 0.15) is 0 Å². The topological polar surface area (TPSA) is 80.3 Å². The summed E-state index contributed by atoms with van der Waals surface area (Å²) >= 11 is 0. The molecule has 2 fully saturated rings. The van der Waals surface area contributed by atoms with Crippen LogP contribution in [0.5, 0.6) is 0 Å². The number of rotatable bonds is 7. The Hall–Kier alpha value is -1.68. The molecule has 9 heteroatoms. The number of hydrogen-bond acceptors (Lipinski definition) is 5. The monoisotopic (exact) mass is 436 g/mol. The molecule has 2 aliphatic rings. The Morgan fingerprint density at radius 2 is 1.87 bits per heavy atom. The Morgan fingerprint density at radius 3 is 2.57 bits per heavy atom. The number of aliphatic imine (C=N–C) groups is 1. The molecule has 1 aromatic carbocycles. The zero-order chi connectivity index (χ0) is 21.6. The molecule has 2 N–H and O–H groups in total. The maximum Gasteiger partial charge on any atom is 0.243 e. The van der Waals surface area contributed by atoms with E-state index in [4.69, 9.17) is 0 Å². The van der Waals surface area contributed by atoms with Gasteiger partial charge in [-0.3, -0.25) is 9.89 Å². The number of sulfonamides is 1. The molecule has 8 nitrogen and oxygen atoms in total. The van der Waals surface area contributed by atoms with Crippen LogP contribution in [-0.2, 0) is 16.6 Å². The van der Waals surface area contributed by atoms with E-state index in [-0.39, 0.29) is 0 Å². The Kier molecular flexibility index (Phi) is 8.10. The highest BCUT2D eigenvalue weighted by molar-refractivity contribution is 7.89. The Balaban J connectivity index is 1.62. The van der Waals surface area contributed by atoms with Crippen molar-refractivity contribution in [1.29, 1.82) is 0 Å². The van der Waals surface area contributed by atoms with Gasteiger partial charge in [0.15, 0.2) is 5.96 Å². The van der Waals surface area contributed by atoms with E-state index < -0.39 is 10.0 Å². The second kappa shape index (κ2) is 10.6. The van der Waals surface area contributed by atoms with Crippen LogP contribution in [0.1, 0.15) is 25.3 Å². The van der Waals surface area contributed by atoms with Crippen LogP contribution in [0, 0.1) is 0 Å². The lowest BCUT2D eigenvalue weighted by atomic mass is 10.2. The summed E-state index contributed by atoms with van der Waals surface area (Å²) < 4.78 is 28.0. The molecule has 3 rings (SSSR count). The van der Waals surface area contributed by atoms with Gasteiger partial charge in [0, 0.05) is 52.4 Å². The van der Waals surface area contributed by atoms with Crippen molar-refractivity contribution in [1.82, 2.24) is 24.7 Å². The van der Waals surface area contributed by atoms with Gasteiger partial charge in [-0.05, 0) is 44.6 Å². The van der Waals surface area contributed by atoms with Crippen LogP contribution in [-0.4, -0.2) is 94.4 Å². The van der Waals surface area contributed by atoms with E-state index >= 15 is 0 Å². The van der Waals surface area contributed by atoms with Crippen LogP contribution in [0.2, 0.25) is 0 Å². The number of hydrogen-bond donors (Lipinski definition) is 2. The minimum Gasteiger partial charge on any atom is -0.355 e. The van der Waals surface area contributed by atoms with Crippen LogP contribution >= 0.6 is 0 Å². The van der Waals surface area contributed by atoms with Crippen molar-refractivity contribution in [3.8, 4) is 0 Å². The fourth-order valence-electron chi connectivity index (χ4n) is 4.23. The number of piperazine rings is 1. The second-order valence-electron chi connectivity index (χ2n) is 8.05. The first kappa shape index (κ1) is 23.0. The fourth-order valence-corrected chi connectivity index (χ4v) is 5.87. The average Bonchev–Trinajstić information content (AvgIpc) is 3.22. The summed E-state index contributed by atoms with van der Waals surface area (Å²) in [5, 5.41) is 6.70. The third-order valence-electron chi connectivity index (χ3n) is 6.13. The van der Waals surface area contributed by atoms with E-state index in [1.807, 2.05) is 19.2 Å². The highest BCUT2D eigenvalue weighted by Gasteiger charge is 2.29. The smallest absolute Gasteiger partial charge is 0.243 e. The standard InChI is InChI=1S/C21H36N6O2S/c1-4-26-11-7-9-19(26)17-24-21(22-2)23-16-18-8-5-6-10-20(18)30(28,29)27-14-12-25(3)13-15-27/h5-6,8,10,19H,4,7,9,11-17H2,1-3H3,(H2,22,23,24). The summed E-state index contributed by atoms with van der Waals surface area (Å²) in [7, 11) is 0.257. The van der Waals surface area contributed by atoms with Gasteiger partial charge >= 0.3 is 0 Å². The molecule has 0 amide bonds. The minimum atomic E-state index is -3.51. The van der Waals surface area contributed by atoms with Gasteiger partial charge in [-0.25, -0.2) is 8.42 Å². The summed E-state index contributed by atoms with van der Waals surface area (Å²) in [6.45, 7) is 8.24. The van der Waals surface area contributed by atoms with Crippen molar-refractivity contribution in [2.45, 2.75) is 37.2 Å². The number of guanidine groups is 1. The Bertz CT molecular complexity index is 821. The lowest BCUT2D eigenvalue weighted by Gasteiger charge is -2.32. The summed E-state index contributed by atoms with van der Waals surface area (Å²) in [4.78, 5) is 9.33. The molecular weight excluding hydrogens is 400 g/mol. The van der Waals surface area contributed by atoms with Gasteiger partial charge in [0.05, 0.1) is 4.90 Å². The van der Waals surface area contributed by atoms with E-state index in [1.54, 1.807) is 23.5 Å². The molecule has 0 saturated carbocycles. The van der Waals surface area contributed by atoms with Gasteiger partial charge in [-0.15, -0.1) is 0 Å². The molecule has 30 heavy (non-hydrogen) atoms. The van der Waals surface area contributed by atoms with Gasteiger partial charge in [-0.2, -0.15) is 4.31 Å². The van der Waals surface area contributed by atoms with E-state index in [9.17, 15) is 8.42 Å². The molecule has 2 aliphatic heterocycles. The largest absolute Gasteiger partial charge is 0.355 e.